The maximum atomic E-state index is 13.0. The molecule has 0 aliphatic rings. The van der Waals surface area contributed by atoms with Crippen LogP contribution in [0.1, 0.15) is 350 Å². The zero-order valence-electron chi connectivity index (χ0n) is 57.9. The highest BCUT2D eigenvalue weighted by atomic mass is 31.2. The van der Waals surface area contributed by atoms with Gasteiger partial charge in [-0.15, -0.1) is 0 Å². The third-order valence-corrected chi connectivity index (χ3v) is 18.4. The van der Waals surface area contributed by atoms with Gasteiger partial charge in [-0.25, -0.2) is 9.13 Å². The Morgan fingerprint density at radius 3 is 0.854 bits per heavy atom. The molecule has 3 N–H and O–H groups in total. The van der Waals surface area contributed by atoms with Crippen molar-refractivity contribution in [1.82, 2.24) is 0 Å². The van der Waals surface area contributed by atoms with Gasteiger partial charge in [0.15, 0.2) is 12.2 Å². The summed E-state index contributed by atoms with van der Waals surface area (Å²) in [4.78, 5) is 72.5. The van der Waals surface area contributed by atoms with Crippen LogP contribution in [0.3, 0.4) is 0 Å². The molecule has 0 aliphatic carbocycles. The number of unbranched alkanes of at least 4 members (excludes halogenated alkanes) is 35. The quantitative estimate of drug-likeness (QED) is 0.0222. The van der Waals surface area contributed by atoms with Crippen molar-refractivity contribution in [2.24, 2.45) is 17.8 Å². The molecule has 0 aromatic carbocycles. The van der Waals surface area contributed by atoms with Crippen LogP contribution >= 0.6 is 15.6 Å². The van der Waals surface area contributed by atoms with Crippen molar-refractivity contribution in [2.75, 3.05) is 39.6 Å². The van der Waals surface area contributed by atoms with Crippen molar-refractivity contribution < 1.29 is 80.2 Å². The molecule has 6 atom stereocenters. The Morgan fingerprint density at radius 1 is 0.326 bits per heavy atom. The lowest BCUT2D eigenvalue weighted by molar-refractivity contribution is -0.161. The molecule has 0 aromatic rings. The van der Waals surface area contributed by atoms with E-state index < -0.39 is 97.5 Å². The number of esters is 4. The summed E-state index contributed by atoms with van der Waals surface area (Å²) in [6.45, 7) is 11.8. The van der Waals surface area contributed by atoms with Gasteiger partial charge in [-0.1, -0.05) is 299 Å². The average Bonchev–Trinajstić information content (AvgIpc) is 3.70. The first-order valence-electron chi connectivity index (χ1n) is 36.4. The van der Waals surface area contributed by atoms with Gasteiger partial charge in [0.05, 0.1) is 26.4 Å². The number of hydrogen-bond donors (Lipinski definition) is 3. The number of hydrogen-bond acceptors (Lipinski definition) is 15. The molecule has 0 rings (SSSR count). The molecule has 0 aliphatic heterocycles. The number of rotatable bonds is 68. The molecule has 3 unspecified atom stereocenters. The van der Waals surface area contributed by atoms with Crippen molar-refractivity contribution in [3.8, 4) is 0 Å². The van der Waals surface area contributed by atoms with E-state index in [9.17, 15) is 43.2 Å². The minimum atomic E-state index is -4.95. The summed E-state index contributed by atoms with van der Waals surface area (Å²) in [5.74, 6) is 0.145. The minimum absolute atomic E-state index is 0.104. The monoisotopic (exact) mass is 1310 g/mol. The first-order chi connectivity index (χ1) is 42.8. The van der Waals surface area contributed by atoms with Crippen molar-refractivity contribution >= 4 is 39.5 Å². The van der Waals surface area contributed by atoms with E-state index >= 15 is 0 Å². The van der Waals surface area contributed by atoms with Gasteiger partial charge in [0, 0.05) is 25.7 Å². The molecule has 0 fully saturated rings. The molecule has 0 spiro atoms. The molecule has 0 aromatic heterocycles. The third kappa shape index (κ3) is 63.2. The third-order valence-electron chi connectivity index (χ3n) is 16.5. The number of ether oxygens (including phenoxy) is 4. The molecule has 17 nitrogen and oxygen atoms in total. The molecule has 0 heterocycles. The highest BCUT2D eigenvalue weighted by molar-refractivity contribution is 7.47. The van der Waals surface area contributed by atoms with E-state index in [1.54, 1.807) is 0 Å². The summed E-state index contributed by atoms with van der Waals surface area (Å²) < 4.78 is 68.3. The molecule has 0 saturated heterocycles. The molecule has 89 heavy (non-hydrogen) atoms. The average molecular weight is 1310 g/mol. The molecule has 0 amide bonds. The largest absolute Gasteiger partial charge is 0.472 e. The van der Waals surface area contributed by atoms with Crippen molar-refractivity contribution in [2.45, 2.75) is 369 Å². The summed E-state index contributed by atoms with van der Waals surface area (Å²) in [6, 6.07) is 0. The van der Waals surface area contributed by atoms with E-state index in [1.165, 1.54) is 161 Å². The SMILES string of the molecule is CCCCCCCCCCCCCC(=O)OC[C@H](COP(=O)(O)OC[C@H](O)COP(=O)(O)OC[C@@H](COC(=O)CCCCCCCCCCC(C)CC)OC(=O)CCCCCCCCCCCCCCC(C)C)OC(=O)CCCCCCCCCCC(C)C. The lowest BCUT2D eigenvalue weighted by atomic mass is 9.99. The predicted molar refractivity (Wildman–Crippen MR) is 358 cm³/mol. The van der Waals surface area contributed by atoms with Crippen molar-refractivity contribution in [1.29, 1.82) is 0 Å². The van der Waals surface area contributed by atoms with E-state index in [1.807, 2.05) is 0 Å². The zero-order chi connectivity index (χ0) is 65.9. The van der Waals surface area contributed by atoms with Crippen molar-refractivity contribution in [3.05, 3.63) is 0 Å². The number of aliphatic hydroxyl groups excluding tert-OH is 1. The van der Waals surface area contributed by atoms with Crippen LogP contribution in [0.4, 0.5) is 0 Å². The molecule has 19 heteroatoms. The Balaban J connectivity index is 5.26. The van der Waals surface area contributed by atoms with Gasteiger partial charge in [-0.2, -0.15) is 0 Å². The van der Waals surface area contributed by atoms with Crippen molar-refractivity contribution in [3.63, 3.8) is 0 Å². The summed E-state index contributed by atoms with van der Waals surface area (Å²) in [5.41, 5.74) is 0. The predicted octanol–water partition coefficient (Wildman–Crippen LogP) is 19.8. The summed E-state index contributed by atoms with van der Waals surface area (Å²) in [5, 5.41) is 10.6. The maximum Gasteiger partial charge on any atom is 0.472 e. The second-order valence-electron chi connectivity index (χ2n) is 26.5. The zero-order valence-corrected chi connectivity index (χ0v) is 59.7. The Labute approximate surface area is 543 Å². The fraction of sp³-hybridized carbons (Fsp3) is 0.943. The summed E-state index contributed by atoms with van der Waals surface area (Å²) in [7, 11) is -9.90. The van der Waals surface area contributed by atoms with E-state index in [4.69, 9.17) is 37.0 Å². The standard InChI is InChI=1S/C70H136O17P2/c1-8-10-11-12-13-14-17-21-30-37-44-51-67(72)80-57-66(87-70(75)54-47-40-33-25-23-28-35-42-49-62(5)6)60-85-89(78,79)83-56-64(71)55-82-88(76,77)84-59-65(58-81-68(73)52-45-38-31-26-24-29-36-43-50-63(7)9-2)86-69(74)53-46-39-32-22-19-16-15-18-20-27-34-41-48-61(3)4/h61-66,71H,8-60H2,1-7H3,(H,76,77)(H,78,79)/t63?,64-,65-,66-/m1/s1. The van der Waals surface area contributed by atoms with Crippen LogP contribution in [-0.4, -0.2) is 96.7 Å². The highest BCUT2D eigenvalue weighted by Gasteiger charge is 2.30. The van der Waals surface area contributed by atoms with Crippen LogP contribution in [0.15, 0.2) is 0 Å². The molecule has 0 saturated carbocycles. The number of phosphoric ester groups is 2. The van der Waals surface area contributed by atoms with Crippen LogP contribution < -0.4 is 0 Å². The Bertz CT molecular complexity index is 1750. The van der Waals surface area contributed by atoms with Gasteiger partial charge in [-0.05, 0) is 43.4 Å². The van der Waals surface area contributed by atoms with Gasteiger partial charge >= 0.3 is 39.5 Å². The van der Waals surface area contributed by atoms with Gasteiger partial charge in [0.1, 0.15) is 19.3 Å². The van der Waals surface area contributed by atoms with E-state index in [0.29, 0.717) is 25.7 Å². The minimum Gasteiger partial charge on any atom is -0.462 e. The van der Waals surface area contributed by atoms with E-state index in [0.717, 1.165) is 108 Å². The van der Waals surface area contributed by atoms with Crippen LogP contribution in [-0.2, 0) is 65.4 Å². The van der Waals surface area contributed by atoms with Gasteiger partial charge in [0.25, 0.3) is 0 Å². The first-order valence-corrected chi connectivity index (χ1v) is 39.4. The fourth-order valence-corrected chi connectivity index (χ4v) is 12.1. The second-order valence-corrected chi connectivity index (χ2v) is 29.4. The molecule has 0 radical (unpaired) electrons. The normalized spacial score (nSPS) is 14.5. The Kier molecular flexibility index (Phi) is 59.6. The molecule has 528 valence electrons. The summed E-state index contributed by atoms with van der Waals surface area (Å²) in [6.07, 6.45) is 44.3. The number of aliphatic hydroxyl groups is 1. The topological polar surface area (TPSA) is 237 Å². The van der Waals surface area contributed by atoms with Gasteiger partial charge in [0.2, 0.25) is 0 Å². The van der Waals surface area contributed by atoms with Gasteiger partial charge < -0.3 is 33.8 Å². The Hall–Kier alpha value is -1.94. The fourth-order valence-electron chi connectivity index (χ4n) is 10.5. The lowest BCUT2D eigenvalue weighted by Crippen LogP contribution is -2.30. The van der Waals surface area contributed by atoms with E-state index in [-0.39, 0.29) is 25.7 Å². The van der Waals surface area contributed by atoms with Crippen LogP contribution in [0.5, 0.6) is 0 Å². The lowest BCUT2D eigenvalue weighted by Gasteiger charge is -2.21. The first kappa shape index (κ1) is 87.1. The molecule has 0 bridgehead atoms. The maximum absolute atomic E-state index is 13.0. The summed E-state index contributed by atoms with van der Waals surface area (Å²) >= 11 is 0. The highest BCUT2D eigenvalue weighted by Crippen LogP contribution is 2.45. The number of phosphoric acid groups is 2. The van der Waals surface area contributed by atoms with Crippen LogP contribution in [0.25, 0.3) is 0 Å². The van der Waals surface area contributed by atoms with Crippen LogP contribution in [0.2, 0.25) is 0 Å². The Morgan fingerprint density at radius 2 is 0.573 bits per heavy atom. The number of carbonyl (C=O) groups excluding carboxylic acids is 4. The second kappa shape index (κ2) is 61.0. The molecular weight excluding hydrogens is 1170 g/mol. The van der Waals surface area contributed by atoms with Gasteiger partial charge in [-0.3, -0.25) is 37.3 Å². The number of carbonyl (C=O) groups is 4. The molecular formula is C70H136O17P2. The van der Waals surface area contributed by atoms with E-state index in [2.05, 4.69) is 48.5 Å². The van der Waals surface area contributed by atoms with Crippen LogP contribution in [0, 0.1) is 17.8 Å². The smallest absolute Gasteiger partial charge is 0.462 e.